The van der Waals surface area contributed by atoms with Crippen LogP contribution in [-0.4, -0.2) is 31.9 Å². The number of hydrogen-bond donors (Lipinski definition) is 0. The Kier molecular flexibility index (Phi) is 6.03. The third-order valence-electron chi connectivity index (χ3n) is 6.17. The van der Waals surface area contributed by atoms with Gasteiger partial charge in [0.25, 0.3) is 5.91 Å². The fourth-order valence-electron chi connectivity index (χ4n) is 4.08. The summed E-state index contributed by atoms with van der Waals surface area (Å²) < 4.78 is 2.13. The number of rotatable bonds is 8. The van der Waals surface area contributed by atoms with Crippen LogP contribution in [0, 0.1) is 5.92 Å². The molecule has 1 saturated carbocycles. The number of amides is 1. The fraction of sp³-hybridized carbons (Fsp3) is 0.250. The van der Waals surface area contributed by atoms with Crippen molar-refractivity contribution >= 4 is 5.91 Å². The van der Waals surface area contributed by atoms with Crippen molar-refractivity contribution in [2.45, 2.75) is 32.9 Å². The minimum Gasteiger partial charge on any atom is -0.343 e. The fourth-order valence-corrected chi connectivity index (χ4v) is 4.08. The van der Waals surface area contributed by atoms with Crippen LogP contribution in [0.25, 0.3) is 22.5 Å². The zero-order chi connectivity index (χ0) is 22.6. The van der Waals surface area contributed by atoms with Gasteiger partial charge in [0.2, 0.25) is 0 Å². The van der Waals surface area contributed by atoms with Gasteiger partial charge in [0.15, 0.2) is 5.82 Å². The van der Waals surface area contributed by atoms with E-state index < -0.39 is 0 Å². The first-order chi connectivity index (χ1) is 16.2. The summed E-state index contributed by atoms with van der Waals surface area (Å²) in [6, 6.07) is 22.1. The highest BCUT2D eigenvalue weighted by Crippen LogP contribution is 2.33. The van der Waals surface area contributed by atoms with Gasteiger partial charge in [0.1, 0.15) is 5.69 Å². The Balaban J connectivity index is 1.43. The average molecular weight is 437 g/mol. The molecule has 166 valence electrons. The molecule has 0 bridgehead atoms. The Morgan fingerprint density at radius 1 is 0.939 bits per heavy atom. The Morgan fingerprint density at radius 2 is 1.61 bits per heavy atom. The summed E-state index contributed by atoms with van der Waals surface area (Å²) in [5.41, 5.74) is 4.77. The molecule has 0 saturated heterocycles. The van der Waals surface area contributed by atoms with Crippen molar-refractivity contribution in [2.24, 2.45) is 5.92 Å². The Morgan fingerprint density at radius 3 is 2.24 bits per heavy atom. The van der Waals surface area contributed by atoms with Gasteiger partial charge in [0.05, 0.1) is 0 Å². The van der Waals surface area contributed by atoms with Gasteiger partial charge in [-0.05, 0) is 37.3 Å². The molecule has 0 spiro atoms. The molecule has 5 rings (SSSR count). The van der Waals surface area contributed by atoms with Crippen LogP contribution in [0.15, 0.2) is 85.3 Å². The predicted octanol–water partition coefficient (Wildman–Crippen LogP) is 5.68. The van der Waals surface area contributed by atoms with Crippen LogP contribution in [0.4, 0.5) is 0 Å². The van der Waals surface area contributed by atoms with Crippen LogP contribution in [0.3, 0.4) is 0 Å². The van der Waals surface area contributed by atoms with Crippen molar-refractivity contribution in [1.82, 2.24) is 19.4 Å². The molecule has 5 nitrogen and oxygen atoms in total. The lowest BCUT2D eigenvalue weighted by atomic mass is 10.1. The third kappa shape index (κ3) is 4.87. The van der Waals surface area contributed by atoms with E-state index in [1.54, 1.807) is 0 Å². The third-order valence-corrected chi connectivity index (χ3v) is 6.17. The van der Waals surface area contributed by atoms with Gasteiger partial charge in [-0.25, -0.2) is 9.97 Å². The first-order valence-electron chi connectivity index (χ1n) is 11.6. The first kappa shape index (κ1) is 21.1. The molecule has 0 N–H and O–H groups in total. The molecule has 1 amide bonds. The molecule has 1 aliphatic rings. The van der Waals surface area contributed by atoms with Gasteiger partial charge in [-0.15, -0.1) is 0 Å². The molecule has 1 aliphatic carbocycles. The lowest BCUT2D eigenvalue weighted by Gasteiger charge is -2.22. The molecule has 0 unspecified atom stereocenters. The zero-order valence-electron chi connectivity index (χ0n) is 18.9. The van der Waals surface area contributed by atoms with Gasteiger partial charge in [-0.3, -0.25) is 4.79 Å². The molecule has 0 radical (unpaired) electrons. The minimum absolute atomic E-state index is 0.0649. The van der Waals surface area contributed by atoms with Gasteiger partial charge in [-0.2, -0.15) is 0 Å². The predicted molar refractivity (Wildman–Crippen MR) is 130 cm³/mol. The Labute approximate surface area is 194 Å². The van der Waals surface area contributed by atoms with Crippen LogP contribution in [-0.2, 0) is 13.1 Å². The van der Waals surface area contributed by atoms with E-state index in [1.165, 1.54) is 12.8 Å². The van der Waals surface area contributed by atoms with Crippen LogP contribution in [0.1, 0.15) is 35.8 Å². The summed E-state index contributed by atoms with van der Waals surface area (Å²) in [4.78, 5) is 24.6. The number of hydrogen-bond acceptors (Lipinski definition) is 3. The highest BCUT2D eigenvalue weighted by molar-refractivity contribution is 5.94. The SMILES string of the molecule is CCN(Cc1ccccc1)C(=O)c1cc(-c2cnc(-c3ccccc3)nc2)cn1CC1CC1. The van der Waals surface area contributed by atoms with Gasteiger partial charge < -0.3 is 9.47 Å². The molecular weight excluding hydrogens is 408 g/mol. The van der Waals surface area contributed by atoms with E-state index in [-0.39, 0.29) is 5.91 Å². The molecule has 4 aromatic rings. The summed E-state index contributed by atoms with van der Waals surface area (Å²) in [7, 11) is 0. The van der Waals surface area contributed by atoms with Crippen LogP contribution < -0.4 is 0 Å². The van der Waals surface area contributed by atoms with Crippen molar-refractivity contribution in [1.29, 1.82) is 0 Å². The molecule has 2 aromatic carbocycles. The van der Waals surface area contributed by atoms with E-state index in [2.05, 4.69) is 32.9 Å². The van der Waals surface area contributed by atoms with Gasteiger partial charge >= 0.3 is 0 Å². The van der Waals surface area contributed by atoms with Crippen molar-refractivity contribution in [2.75, 3.05) is 6.54 Å². The van der Waals surface area contributed by atoms with Crippen LogP contribution in [0.2, 0.25) is 0 Å². The molecule has 5 heteroatoms. The number of nitrogens with zero attached hydrogens (tertiary/aromatic N) is 4. The van der Waals surface area contributed by atoms with Gasteiger partial charge in [-0.1, -0.05) is 60.7 Å². The Bertz CT molecular complexity index is 1210. The van der Waals surface area contributed by atoms with Gasteiger partial charge in [0, 0.05) is 54.9 Å². The second-order valence-electron chi connectivity index (χ2n) is 8.68. The molecule has 2 aromatic heterocycles. The number of carbonyl (C=O) groups is 1. The highest BCUT2D eigenvalue weighted by atomic mass is 16.2. The van der Waals surface area contributed by atoms with Crippen molar-refractivity contribution < 1.29 is 4.79 Å². The normalized spacial score (nSPS) is 13.1. The molecular formula is C28H28N4O. The lowest BCUT2D eigenvalue weighted by molar-refractivity contribution is 0.0741. The van der Waals surface area contributed by atoms with Crippen LogP contribution in [0.5, 0.6) is 0 Å². The highest BCUT2D eigenvalue weighted by Gasteiger charge is 2.26. The summed E-state index contributed by atoms with van der Waals surface area (Å²) >= 11 is 0. The Hall–Kier alpha value is -3.73. The number of carbonyl (C=O) groups excluding carboxylic acids is 1. The maximum atomic E-state index is 13.6. The second kappa shape index (κ2) is 9.41. The largest absolute Gasteiger partial charge is 0.343 e. The average Bonchev–Trinajstić information content (AvgIpc) is 3.60. The molecule has 2 heterocycles. The quantitative estimate of drug-likeness (QED) is 0.357. The first-order valence-corrected chi connectivity index (χ1v) is 11.6. The van der Waals surface area contributed by atoms with E-state index in [9.17, 15) is 4.79 Å². The van der Waals surface area contributed by atoms with E-state index in [4.69, 9.17) is 0 Å². The molecule has 33 heavy (non-hydrogen) atoms. The molecule has 1 fully saturated rings. The van der Waals surface area contributed by atoms with Crippen molar-refractivity contribution in [3.63, 3.8) is 0 Å². The van der Waals surface area contributed by atoms with Crippen molar-refractivity contribution in [3.8, 4) is 22.5 Å². The zero-order valence-corrected chi connectivity index (χ0v) is 18.9. The van der Waals surface area contributed by atoms with Crippen LogP contribution >= 0.6 is 0 Å². The summed E-state index contributed by atoms with van der Waals surface area (Å²) in [6.45, 7) is 4.18. The number of benzene rings is 2. The maximum Gasteiger partial charge on any atom is 0.270 e. The molecule has 0 atom stereocenters. The smallest absolute Gasteiger partial charge is 0.270 e. The summed E-state index contributed by atoms with van der Waals surface area (Å²) in [5, 5.41) is 0. The number of aromatic nitrogens is 3. The summed E-state index contributed by atoms with van der Waals surface area (Å²) in [6.07, 6.45) is 8.25. The second-order valence-corrected chi connectivity index (χ2v) is 8.68. The standard InChI is InChI=1S/C28H28N4O/c1-2-31(18-21-9-5-3-6-10-21)28(33)26-15-24(20-32(26)19-22-13-14-22)25-16-29-27(30-17-25)23-11-7-4-8-12-23/h3-12,15-17,20,22H,2,13-14,18-19H2,1H3. The lowest BCUT2D eigenvalue weighted by Crippen LogP contribution is -2.32. The van der Waals surface area contributed by atoms with E-state index in [0.29, 0.717) is 24.8 Å². The van der Waals surface area contributed by atoms with E-state index in [0.717, 1.165) is 34.5 Å². The van der Waals surface area contributed by atoms with E-state index in [1.807, 2.05) is 78.8 Å². The topological polar surface area (TPSA) is 51.0 Å². The maximum absolute atomic E-state index is 13.6. The van der Waals surface area contributed by atoms with Crippen molar-refractivity contribution in [3.05, 3.63) is 96.6 Å². The van der Waals surface area contributed by atoms with E-state index >= 15 is 0 Å². The minimum atomic E-state index is 0.0649. The molecule has 0 aliphatic heterocycles. The summed E-state index contributed by atoms with van der Waals surface area (Å²) in [5.74, 6) is 1.43. The monoisotopic (exact) mass is 436 g/mol.